The zero-order valence-corrected chi connectivity index (χ0v) is 10.8. The van der Waals surface area contributed by atoms with Crippen molar-refractivity contribution in [2.45, 2.75) is 26.2 Å². The molecule has 0 spiro atoms. The minimum atomic E-state index is 0.816. The largest absolute Gasteiger partial charge is 0.344 e. The first-order valence-electron chi connectivity index (χ1n) is 6.47. The van der Waals surface area contributed by atoms with E-state index in [2.05, 4.69) is 27.2 Å². The molecule has 1 unspecified atom stereocenters. The van der Waals surface area contributed by atoms with Crippen molar-refractivity contribution >= 4 is 5.95 Å². The maximum absolute atomic E-state index is 4.44. The van der Waals surface area contributed by atoms with Crippen LogP contribution in [0.5, 0.6) is 0 Å². The van der Waals surface area contributed by atoms with Crippen LogP contribution in [-0.2, 0) is 0 Å². The number of nitrogens with one attached hydrogen (secondary N) is 1. The predicted octanol–water partition coefficient (Wildman–Crippen LogP) is 1.61. The van der Waals surface area contributed by atoms with Gasteiger partial charge in [-0.15, -0.1) is 0 Å². The summed E-state index contributed by atoms with van der Waals surface area (Å²) in [5.41, 5.74) is 1.03. The summed E-state index contributed by atoms with van der Waals surface area (Å²) in [6.45, 7) is 5.40. The van der Waals surface area contributed by atoms with Crippen LogP contribution in [-0.4, -0.2) is 36.6 Å². The summed E-state index contributed by atoms with van der Waals surface area (Å²) in [5, 5.41) is 3.46. The van der Waals surface area contributed by atoms with E-state index in [1.165, 1.54) is 32.4 Å². The van der Waals surface area contributed by atoms with E-state index in [-0.39, 0.29) is 0 Å². The van der Waals surface area contributed by atoms with E-state index in [4.69, 9.17) is 0 Å². The summed E-state index contributed by atoms with van der Waals surface area (Å²) in [6.07, 6.45) is 5.72. The van der Waals surface area contributed by atoms with E-state index in [0.717, 1.165) is 24.1 Å². The highest BCUT2D eigenvalue weighted by Crippen LogP contribution is 2.15. The van der Waals surface area contributed by atoms with Crippen molar-refractivity contribution in [2.75, 3.05) is 31.6 Å². The van der Waals surface area contributed by atoms with Gasteiger partial charge in [0.25, 0.3) is 0 Å². The van der Waals surface area contributed by atoms with E-state index in [9.17, 15) is 0 Å². The lowest BCUT2D eigenvalue weighted by Gasteiger charge is -2.25. The van der Waals surface area contributed by atoms with Gasteiger partial charge in [0.05, 0.1) is 0 Å². The first kappa shape index (κ1) is 12.3. The van der Waals surface area contributed by atoms with Gasteiger partial charge < -0.3 is 10.2 Å². The molecule has 1 saturated heterocycles. The van der Waals surface area contributed by atoms with Gasteiger partial charge in [0.15, 0.2) is 0 Å². The highest BCUT2D eigenvalue weighted by molar-refractivity contribution is 5.28. The molecule has 0 saturated carbocycles. The van der Waals surface area contributed by atoms with Gasteiger partial charge in [-0.2, -0.15) is 0 Å². The van der Waals surface area contributed by atoms with Crippen molar-refractivity contribution in [3.8, 4) is 0 Å². The van der Waals surface area contributed by atoms with Gasteiger partial charge in [0, 0.05) is 25.5 Å². The SMILES string of the molecule is Cc1ccnc(N(C)CCC2CCCNC2)n1. The molecule has 1 aliphatic heterocycles. The second kappa shape index (κ2) is 5.96. The lowest BCUT2D eigenvalue weighted by molar-refractivity contribution is 0.360. The van der Waals surface area contributed by atoms with Gasteiger partial charge in [0.2, 0.25) is 5.95 Å². The maximum Gasteiger partial charge on any atom is 0.225 e. The molecule has 1 aromatic rings. The van der Waals surface area contributed by atoms with Gasteiger partial charge in [-0.25, -0.2) is 9.97 Å². The maximum atomic E-state index is 4.44. The zero-order valence-electron chi connectivity index (χ0n) is 10.8. The van der Waals surface area contributed by atoms with Gasteiger partial charge >= 0.3 is 0 Å². The number of rotatable bonds is 4. The van der Waals surface area contributed by atoms with E-state index >= 15 is 0 Å². The lowest BCUT2D eigenvalue weighted by atomic mass is 9.96. The molecule has 0 aliphatic carbocycles. The Bertz CT molecular complexity index is 347. The second-order valence-corrected chi connectivity index (χ2v) is 4.92. The Morgan fingerprint density at radius 1 is 1.53 bits per heavy atom. The first-order chi connectivity index (χ1) is 8.25. The molecule has 1 atom stereocenters. The summed E-state index contributed by atoms with van der Waals surface area (Å²) in [6, 6.07) is 1.93. The highest BCUT2D eigenvalue weighted by atomic mass is 15.2. The Hall–Kier alpha value is -1.16. The molecule has 4 heteroatoms. The smallest absolute Gasteiger partial charge is 0.225 e. The monoisotopic (exact) mass is 234 g/mol. The van der Waals surface area contributed by atoms with Crippen LogP contribution in [0.2, 0.25) is 0 Å². The fourth-order valence-corrected chi connectivity index (χ4v) is 2.27. The number of hydrogen-bond donors (Lipinski definition) is 1. The molecule has 1 aliphatic rings. The molecule has 1 aromatic heterocycles. The summed E-state index contributed by atoms with van der Waals surface area (Å²) < 4.78 is 0. The van der Waals surface area contributed by atoms with Gasteiger partial charge in [-0.1, -0.05) is 0 Å². The van der Waals surface area contributed by atoms with E-state index in [1.807, 2.05) is 19.2 Å². The van der Waals surface area contributed by atoms with Crippen molar-refractivity contribution in [1.82, 2.24) is 15.3 Å². The van der Waals surface area contributed by atoms with Crippen molar-refractivity contribution in [1.29, 1.82) is 0 Å². The standard InChI is InChI=1S/C13H22N4/c1-11-5-8-15-13(16-11)17(2)9-6-12-4-3-7-14-10-12/h5,8,12,14H,3-4,6-7,9-10H2,1-2H3. The summed E-state index contributed by atoms with van der Waals surface area (Å²) in [4.78, 5) is 10.9. The molecule has 0 amide bonds. The second-order valence-electron chi connectivity index (χ2n) is 4.92. The Morgan fingerprint density at radius 3 is 3.12 bits per heavy atom. The fraction of sp³-hybridized carbons (Fsp3) is 0.692. The quantitative estimate of drug-likeness (QED) is 0.859. The molecular formula is C13H22N4. The van der Waals surface area contributed by atoms with E-state index in [0.29, 0.717) is 0 Å². The van der Waals surface area contributed by atoms with Gasteiger partial charge in [-0.3, -0.25) is 0 Å². The van der Waals surface area contributed by atoms with Crippen LogP contribution in [0.15, 0.2) is 12.3 Å². The Kier molecular flexibility index (Phi) is 4.31. The number of aromatic nitrogens is 2. The molecule has 17 heavy (non-hydrogen) atoms. The van der Waals surface area contributed by atoms with Crippen LogP contribution in [0, 0.1) is 12.8 Å². The van der Waals surface area contributed by atoms with E-state index in [1.54, 1.807) is 0 Å². The number of piperidine rings is 1. The normalized spacial score (nSPS) is 20.2. The predicted molar refractivity (Wildman–Crippen MR) is 70.2 cm³/mol. The summed E-state index contributed by atoms with van der Waals surface area (Å²) in [7, 11) is 2.07. The van der Waals surface area contributed by atoms with Crippen LogP contribution in [0.4, 0.5) is 5.95 Å². The Morgan fingerprint density at radius 2 is 2.41 bits per heavy atom. The van der Waals surface area contributed by atoms with Crippen LogP contribution in [0.25, 0.3) is 0 Å². The Labute approximate surface area is 103 Å². The highest BCUT2D eigenvalue weighted by Gasteiger charge is 2.14. The number of aryl methyl sites for hydroxylation is 1. The average Bonchev–Trinajstić information content (AvgIpc) is 2.37. The average molecular weight is 234 g/mol. The topological polar surface area (TPSA) is 41.1 Å². The van der Waals surface area contributed by atoms with Crippen molar-refractivity contribution in [3.05, 3.63) is 18.0 Å². The number of nitrogens with zero attached hydrogens (tertiary/aromatic N) is 3. The minimum absolute atomic E-state index is 0.816. The molecular weight excluding hydrogens is 212 g/mol. The van der Waals surface area contributed by atoms with Crippen LogP contribution < -0.4 is 10.2 Å². The summed E-state index contributed by atoms with van der Waals surface area (Å²) in [5.74, 6) is 1.66. The van der Waals surface area contributed by atoms with Gasteiger partial charge in [0.1, 0.15) is 0 Å². The third kappa shape index (κ3) is 3.66. The number of hydrogen-bond acceptors (Lipinski definition) is 4. The molecule has 2 rings (SSSR count). The van der Waals surface area contributed by atoms with E-state index < -0.39 is 0 Å². The molecule has 1 N–H and O–H groups in total. The third-order valence-corrected chi connectivity index (χ3v) is 3.40. The minimum Gasteiger partial charge on any atom is -0.344 e. The first-order valence-corrected chi connectivity index (χ1v) is 6.47. The van der Waals surface area contributed by atoms with Crippen molar-refractivity contribution < 1.29 is 0 Å². The molecule has 94 valence electrons. The molecule has 1 fully saturated rings. The fourth-order valence-electron chi connectivity index (χ4n) is 2.27. The van der Waals surface area contributed by atoms with Crippen LogP contribution in [0.3, 0.4) is 0 Å². The van der Waals surface area contributed by atoms with Gasteiger partial charge in [-0.05, 0) is 51.3 Å². The number of anilines is 1. The third-order valence-electron chi connectivity index (χ3n) is 3.40. The zero-order chi connectivity index (χ0) is 12.1. The molecule has 0 bridgehead atoms. The van der Waals surface area contributed by atoms with Crippen LogP contribution in [0.1, 0.15) is 25.0 Å². The lowest BCUT2D eigenvalue weighted by Crippen LogP contribution is -2.32. The van der Waals surface area contributed by atoms with Crippen molar-refractivity contribution in [2.24, 2.45) is 5.92 Å². The molecule has 2 heterocycles. The molecule has 0 radical (unpaired) electrons. The molecule has 0 aromatic carbocycles. The summed E-state index contributed by atoms with van der Waals surface area (Å²) >= 11 is 0. The van der Waals surface area contributed by atoms with Crippen LogP contribution >= 0.6 is 0 Å². The van der Waals surface area contributed by atoms with Crippen molar-refractivity contribution in [3.63, 3.8) is 0 Å². The Balaban J connectivity index is 1.82. The molecule has 4 nitrogen and oxygen atoms in total.